The molecule has 0 radical (unpaired) electrons. The topological polar surface area (TPSA) is 50.3 Å². The molecule has 0 saturated carbocycles. The third kappa shape index (κ3) is 4.09. The number of hydrogen-bond acceptors (Lipinski definition) is 5. The van der Waals surface area contributed by atoms with Crippen LogP contribution in [0.4, 0.5) is 20.5 Å². The summed E-state index contributed by atoms with van der Waals surface area (Å²) in [5, 5.41) is 2.98. The highest BCUT2D eigenvalue weighted by Crippen LogP contribution is 2.28. The fourth-order valence-corrected chi connectivity index (χ4v) is 3.28. The minimum absolute atomic E-state index is 0.0540. The van der Waals surface area contributed by atoms with Crippen molar-refractivity contribution in [1.29, 1.82) is 0 Å². The van der Waals surface area contributed by atoms with E-state index in [0.29, 0.717) is 25.7 Å². The van der Waals surface area contributed by atoms with Crippen molar-refractivity contribution in [2.75, 3.05) is 30.0 Å². The highest BCUT2D eigenvalue weighted by atomic mass is 19.1. The van der Waals surface area contributed by atoms with Crippen molar-refractivity contribution in [3.8, 4) is 0 Å². The molecule has 0 aliphatic carbocycles. The number of ether oxygens (including phenoxy) is 1. The van der Waals surface area contributed by atoms with Crippen molar-refractivity contribution < 1.29 is 13.5 Å². The van der Waals surface area contributed by atoms with Crippen LogP contribution in [-0.4, -0.2) is 29.7 Å². The van der Waals surface area contributed by atoms with Gasteiger partial charge in [-0.25, -0.2) is 13.8 Å². The van der Waals surface area contributed by atoms with Crippen LogP contribution >= 0.6 is 0 Å². The first-order valence-electron chi connectivity index (χ1n) is 9.11. The van der Waals surface area contributed by atoms with Crippen LogP contribution in [0.25, 0.3) is 0 Å². The van der Waals surface area contributed by atoms with Crippen LogP contribution in [0.1, 0.15) is 17.2 Å². The van der Waals surface area contributed by atoms with Crippen molar-refractivity contribution in [2.45, 2.75) is 12.6 Å². The van der Waals surface area contributed by atoms with Crippen molar-refractivity contribution >= 4 is 11.8 Å². The molecule has 1 aliphatic rings. The number of benzene rings is 2. The Morgan fingerprint density at radius 2 is 1.96 bits per heavy atom. The molecule has 2 heterocycles. The standard InChI is InChI=1S/C21H20F2N4O/c22-17-6-7-18(23)16(12-17)13-25-21-24-9-8-20(26-21)27-10-11-28-14-19(27)15-4-2-1-3-5-15/h1-9,12,19H,10-11,13-14H2,(H,24,25,26). The summed E-state index contributed by atoms with van der Waals surface area (Å²) in [6.45, 7) is 1.99. The Hall–Kier alpha value is -3.06. The zero-order valence-corrected chi connectivity index (χ0v) is 15.2. The highest BCUT2D eigenvalue weighted by Gasteiger charge is 2.26. The molecule has 2 aromatic carbocycles. The maximum atomic E-state index is 13.8. The third-order valence-corrected chi connectivity index (χ3v) is 4.69. The average Bonchev–Trinajstić information content (AvgIpc) is 2.75. The molecule has 0 spiro atoms. The van der Waals surface area contributed by atoms with E-state index in [-0.39, 0.29) is 18.2 Å². The Bertz CT molecular complexity index is 939. The van der Waals surface area contributed by atoms with Gasteiger partial charge in [0, 0.05) is 24.8 Å². The van der Waals surface area contributed by atoms with Gasteiger partial charge in [-0.1, -0.05) is 30.3 Å². The summed E-state index contributed by atoms with van der Waals surface area (Å²) in [5.41, 5.74) is 1.37. The monoisotopic (exact) mass is 382 g/mol. The quantitative estimate of drug-likeness (QED) is 0.724. The molecule has 1 saturated heterocycles. The lowest BCUT2D eigenvalue weighted by Gasteiger charge is -2.36. The molecule has 0 amide bonds. The lowest BCUT2D eigenvalue weighted by Crippen LogP contribution is -2.40. The number of nitrogens with zero attached hydrogens (tertiary/aromatic N) is 3. The summed E-state index contributed by atoms with van der Waals surface area (Å²) in [7, 11) is 0. The maximum Gasteiger partial charge on any atom is 0.224 e. The van der Waals surface area contributed by atoms with E-state index >= 15 is 0 Å². The van der Waals surface area contributed by atoms with Gasteiger partial charge in [-0.3, -0.25) is 0 Å². The average molecular weight is 382 g/mol. The first-order valence-corrected chi connectivity index (χ1v) is 9.11. The molecule has 1 aromatic heterocycles. The molecule has 7 heteroatoms. The third-order valence-electron chi connectivity index (χ3n) is 4.69. The molecule has 0 bridgehead atoms. The van der Waals surface area contributed by atoms with E-state index in [0.717, 1.165) is 23.5 Å². The minimum Gasteiger partial charge on any atom is -0.377 e. The summed E-state index contributed by atoms with van der Waals surface area (Å²) >= 11 is 0. The van der Waals surface area contributed by atoms with E-state index < -0.39 is 11.6 Å². The Morgan fingerprint density at radius 3 is 2.82 bits per heavy atom. The van der Waals surface area contributed by atoms with E-state index in [1.54, 1.807) is 6.20 Å². The molecule has 4 rings (SSSR count). The Balaban J connectivity index is 1.53. The van der Waals surface area contributed by atoms with Crippen molar-refractivity contribution in [3.63, 3.8) is 0 Å². The van der Waals surface area contributed by atoms with E-state index in [1.165, 1.54) is 6.07 Å². The van der Waals surface area contributed by atoms with E-state index in [1.807, 2.05) is 24.3 Å². The molecule has 3 aromatic rings. The number of anilines is 2. The second-order valence-electron chi connectivity index (χ2n) is 6.52. The van der Waals surface area contributed by atoms with Crippen LogP contribution in [0.3, 0.4) is 0 Å². The van der Waals surface area contributed by atoms with Gasteiger partial charge >= 0.3 is 0 Å². The fourth-order valence-electron chi connectivity index (χ4n) is 3.28. The first-order chi connectivity index (χ1) is 13.7. The van der Waals surface area contributed by atoms with Crippen LogP contribution in [0.15, 0.2) is 60.8 Å². The van der Waals surface area contributed by atoms with Crippen molar-refractivity contribution in [1.82, 2.24) is 9.97 Å². The predicted molar refractivity (Wildman–Crippen MR) is 103 cm³/mol. The Labute approximate surface area is 162 Å². The van der Waals surface area contributed by atoms with Gasteiger partial charge in [-0.2, -0.15) is 4.98 Å². The molecular weight excluding hydrogens is 362 g/mol. The first kappa shape index (κ1) is 18.3. The molecule has 1 atom stereocenters. The molecular formula is C21H20F2N4O. The van der Waals surface area contributed by atoms with E-state index in [9.17, 15) is 8.78 Å². The number of rotatable bonds is 5. The SMILES string of the molecule is Fc1ccc(F)c(CNc2nccc(N3CCOCC3c3ccccc3)n2)c1. The number of halogens is 2. The lowest BCUT2D eigenvalue weighted by molar-refractivity contribution is 0.0937. The summed E-state index contributed by atoms with van der Waals surface area (Å²) in [6.07, 6.45) is 1.66. The second-order valence-corrected chi connectivity index (χ2v) is 6.52. The Kier molecular flexibility index (Phi) is 5.43. The second kappa shape index (κ2) is 8.31. The summed E-state index contributed by atoms with van der Waals surface area (Å²) in [6, 6.07) is 15.4. The summed E-state index contributed by atoms with van der Waals surface area (Å²) < 4.78 is 32.8. The van der Waals surface area contributed by atoms with E-state index in [2.05, 4.69) is 32.3 Å². The van der Waals surface area contributed by atoms with Gasteiger partial charge in [0.25, 0.3) is 0 Å². The van der Waals surface area contributed by atoms with E-state index in [4.69, 9.17) is 4.74 Å². The van der Waals surface area contributed by atoms with Gasteiger partial charge in [0.05, 0.1) is 19.3 Å². The van der Waals surface area contributed by atoms with Crippen LogP contribution in [0.2, 0.25) is 0 Å². The lowest BCUT2D eigenvalue weighted by atomic mass is 10.1. The van der Waals surface area contributed by atoms with Crippen LogP contribution < -0.4 is 10.2 Å². The molecule has 5 nitrogen and oxygen atoms in total. The largest absolute Gasteiger partial charge is 0.377 e. The van der Waals surface area contributed by atoms with Crippen molar-refractivity contribution in [2.24, 2.45) is 0 Å². The minimum atomic E-state index is -0.480. The number of nitrogens with one attached hydrogen (secondary N) is 1. The molecule has 1 N–H and O–H groups in total. The normalized spacial score (nSPS) is 16.8. The molecule has 1 aliphatic heterocycles. The van der Waals surface area contributed by atoms with Gasteiger partial charge in [-0.15, -0.1) is 0 Å². The van der Waals surface area contributed by atoms with Gasteiger partial charge in [0.15, 0.2) is 0 Å². The fraction of sp³-hybridized carbons (Fsp3) is 0.238. The molecule has 1 fully saturated rings. The van der Waals surface area contributed by atoms with Gasteiger partial charge < -0.3 is 15.0 Å². The highest BCUT2D eigenvalue weighted by molar-refractivity contribution is 5.46. The Morgan fingerprint density at radius 1 is 1.11 bits per heavy atom. The summed E-state index contributed by atoms with van der Waals surface area (Å²) in [5.74, 6) is 0.170. The molecule has 1 unspecified atom stereocenters. The molecule has 28 heavy (non-hydrogen) atoms. The number of hydrogen-bond donors (Lipinski definition) is 1. The van der Waals surface area contributed by atoms with Crippen LogP contribution in [0, 0.1) is 11.6 Å². The smallest absolute Gasteiger partial charge is 0.224 e. The van der Waals surface area contributed by atoms with Gasteiger partial charge in [0.2, 0.25) is 5.95 Å². The summed E-state index contributed by atoms with van der Waals surface area (Å²) in [4.78, 5) is 10.9. The van der Waals surface area contributed by atoms with Gasteiger partial charge in [0.1, 0.15) is 17.5 Å². The van der Waals surface area contributed by atoms with Crippen LogP contribution in [0.5, 0.6) is 0 Å². The zero-order chi connectivity index (χ0) is 19.3. The van der Waals surface area contributed by atoms with Crippen LogP contribution in [-0.2, 0) is 11.3 Å². The maximum absolute atomic E-state index is 13.8. The zero-order valence-electron chi connectivity index (χ0n) is 15.2. The predicted octanol–water partition coefficient (Wildman–Crippen LogP) is 3.94. The number of aromatic nitrogens is 2. The molecule has 144 valence electrons. The van der Waals surface area contributed by atoms with Gasteiger partial charge in [-0.05, 0) is 29.8 Å². The van der Waals surface area contributed by atoms with Crippen molar-refractivity contribution in [3.05, 3.63) is 83.6 Å². The number of morpholine rings is 1.